The van der Waals surface area contributed by atoms with Crippen LogP contribution in [0.3, 0.4) is 0 Å². The van der Waals surface area contributed by atoms with Gasteiger partial charge < -0.3 is 5.73 Å². The summed E-state index contributed by atoms with van der Waals surface area (Å²) < 4.78 is 0. The molecule has 3 saturated heterocycles. The van der Waals surface area contributed by atoms with Crippen molar-refractivity contribution in [2.75, 3.05) is 18.8 Å². The highest BCUT2D eigenvalue weighted by atomic mass is 16.2. The molecule has 3 aliphatic heterocycles. The summed E-state index contributed by atoms with van der Waals surface area (Å²) >= 11 is 0. The molecule has 24 heavy (non-hydrogen) atoms. The number of imide groups is 1. The average Bonchev–Trinajstić information content (AvgIpc) is 3.20. The molecule has 2 N–H and O–H groups in total. The zero-order chi connectivity index (χ0) is 16.8. The molecule has 2 amide bonds. The topological polar surface area (TPSA) is 66.6 Å². The second kappa shape index (κ2) is 5.88. The fourth-order valence-electron chi connectivity index (χ4n) is 4.89. The van der Waals surface area contributed by atoms with Gasteiger partial charge in [-0.3, -0.25) is 19.4 Å². The van der Waals surface area contributed by atoms with Crippen molar-refractivity contribution in [1.82, 2.24) is 9.80 Å². The van der Waals surface area contributed by atoms with E-state index in [1.165, 1.54) is 0 Å². The third-order valence-corrected chi connectivity index (χ3v) is 5.96. The molecule has 0 spiro atoms. The lowest BCUT2D eigenvalue weighted by atomic mass is 9.85. The Balaban J connectivity index is 1.70. The number of anilines is 1. The molecule has 4 unspecified atom stereocenters. The van der Waals surface area contributed by atoms with Gasteiger partial charge in [0.2, 0.25) is 11.8 Å². The number of carbonyl (C=O) groups excluding carboxylic acids is 2. The largest absolute Gasteiger partial charge is 0.399 e. The number of likely N-dealkylation sites (tertiary alicyclic amines) is 1. The molecule has 3 heterocycles. The molecule has 0 saturated carbocycles. The van der Waals surface area contributed by atoms with Gasteiger partial charge in [-0.05, 0) is 43.5 Å². The molecule has 4 atom stereocenters. The minimum absolute atomic E-state index is 0.0196. The minimum atomic E-state index is -0.219. The van der Waals surface area contributed by atoms with Gasteiger partial charge in [-0.2, -0.15) is 0 Å². The normalized spacial score (nSPS) is 32.5. The quantitative estimate of drug-likeness (QED) is 0.680. The first kappa shape index (κ1) is 15.6. The number of hydrogen-bond donors (Lipinski definition) is 1. The van der Waals surface area contributed by atoms with Gasteiger partial charge in [-0.1, -0.05) is 25.5 Å². The van der Waals surface area contributed by atoms with Crippen molar-refractivity contribution in [2.24, 2.45) is 11.8 Å². The average molecular weight is 327 g/mol. The standard InChI is InChI=1S/C19H25N3O2/c1-2-3-10-22-18(23)15-14-5-4-11-21(14)17(16(15)19(22)24)12-6-8-13(20)9-7-12/h6-9,14-17H,2-5,10-11,20H2,1H3. The van der Waals surface area contributed by atoms with Crippen LogP contribution in [0.5, 0.6) is 0 Å². The molecule has 0 aliphatic carbocycles. The second-order valence-corrected chi connectivity index (χ2v) is 7.29. The Labute approximate surface area is 142 Å². The van der Waals surface area contributed by atoms with Gasteiger partial charge >= 0.3 is 0 Å². The molecule has 0 aromatic heterocycles. The SMILES string of the molecule is CCCCN1C(=O)C2C(C1=O)C(c1ccc(N)cc1)N1CCCC21. The number of nitrogens with zero attached hydrogens (tertiary/aromatic N) is 2. The summed E-state index contributed by atoms with van der Waals surface area (Å²) in [6.45, 7) is 3.63. The molecule has 0 radical (unpaired) electrons. The molecule has 1 aromatic carbocycles. The van der Waals surface area contributed by atoms with Gasteiger partial charge in [0.15, 0.2) is 0 Å². The maximum absolute atomic E-state index is 13.0. The van der Waals surface area contributed by atoms with Crippen molar-refractivity contribution in [3.63, 3.8) is 0 Å². The first-order chi connectivity index (χ1) is 11.6. The zero-order valence-electron chi connectivity index (χ0n) is 14.1. The van der Waals surface area contributed by atoms with Gasteiger partial charge in [0.05, 0.1) is 11.8 Å². The van der Waals surface area contributed by atoms with Crippen LogP contribution in [0.15, 0.2) is 24.3 Å². The van der Waals surface area contributed by atoms with E-state index >= 15 is 0 Å². The van der Waals surface area contributed by atoms with E-state index in [-0.39, 0.29) is 35.7 Å². The number of amides is 2. The number of hydrogen-bond acceptors (Lipinski definition) is 4. The van der Waals surface area contributed by atoms with Gasteiger partial charge in [-0.15, -0.1) is 0 Å². The summed E-state index contributed by atoms with van der Waals surface area (Å²) in [7, 11) is 0. The third kappa shape index (κ3) is 2.18. The highest BCUT2D eigenvalue weighted by Gasteiger charge is 2.62. The molecular weight excluding hydrogens is 302 g/mol. The minimum Gasteiger partial charge on any atom is -0.399 e. The lowest BCUT2D eigenvalue weighted by Gasteiger charge is -2.28. The molecule has 5 heteroatoms. The third-order valence-electron chi connectivity index (χ3n) is 5.96. The predicted molar refractivity (Wildman–Crippen MR) is 91.9 cm³/mol. The summed E-state index contributed by atoms with van der Waals surface area (Å²) in [4.78, 5) is 29.9. The summed E-state index contributed by atoms with van der Waals surface area (Å²) in [5, 5.41) is 0. The maximum Gasteiger partial charge on any atom is 0.235 e. The van der Waals surface area contributed by atoms with Crippen LogP contribution in [-0.4, -0.2) is 40.7 Å². The predicted octanol–water partition coefficient (Wildman–Crippen LogP) is 2.19. The number of nitrogen functional groups attached to an aromatic ring is 1. The number of benzene rings is 1. The van der Waals surface area contributed by atoms with Crippen LogP contribution in [0.4, 0.5) is 5.69 Å². The van der Waals surface area contributed by atoms with Crippen LogP contribution < -0.4 is 5.73 Å². The van der Waals surface area contributed by atoms with Crippen molar-refractivity contribution < 1.29 is 9.59 Å². The van der Waals surface area contributed by atoms with E-state index < -0.39 is 0 Å². The van der Waals surface area contributed by atoms with Crippen LogP contribution in [-0.2, 0) is 9.59 Å². The summed E-state index contributed by atoms with van der Waals surface area (Å²) in [5.41, 5.74) is 7.66. The van der Waals surface area contributed by atoms with Crippen LogP contribution >= 0.6 is 0 Å². The number of unbranched alkanes of at least 4 members (excludes halogenated alkanes) is 1. The summed E-state index contributed by atoms with van der Waals surface area (Å²) in [5.74, 6) is -0.273. The van der Waals surface area contributed by atoms with Crippen LogP contribution in [0.2, 0.25) is 0 Å². The van der Waals surface area contributed by atoms with Gasteiger partial charge in [0.25, 0.3) is 0 Å². The van der Waals surface area contributed by atoms with E-state index in [0.717, 1.165) is 43.5 Å². The van der Waals surface area contributed by atoms with Crippen molar-refractivity contribution in [1.29, 1.82) is 0 Å². The van der Waals surface area contributed by atoms with Gasteiger partial charge in [-0.25, -0.2) is 0 Å². The van der Waals surface area contributed by atoms with Gasteiger partial charge in [0, 0.05) is 24.3 Å². The Hall–Kier alpha value is -1.88. The van der Waals surface area contributed by atoms with Crippen LogP contribution in [0.1, 0.15) is 44.2 Å². The molecule has 1 aromatic rings. The van der Waals surface area contributed by atoms with E-state index in [2.05, 4.69) is 11.8 Å². The Kier molecular flexibility index (Phi) is 3.83. The molecule has 4 rings (SSSR count). The van der Waals surface area contributed by atoms with Crippen molar-refractivity contribution in [3.8, 4) is 0 Å². The first-order valence-corrected chi connectivity index (χ1v) is 9.10. The van der Waals surface area contributed by atoms with Crippen molar-refractivity contribution in [2.45, 2.75) is 44.7 Å². The summed E-state index contributed by atoms with van der Waals surface area (Å²) in [6.07, 6.45) is 4.00. The van der Waals surface area contributed by atoms with Crippen molar-refractivity contribution >= 4 is 17.5 Å². The maximum atomic E-state index is 13.0. The monoisotopic (exact) mass is 327 g/mol. The van der Waals surface area contributed by atoms with Crippen LogP contribution in [0, 0.1) is 11.8 Å². The molecule has 5 nitrogen and oxygen atoms in total. The summed E-state index contributed by atoms with van der Waals surface area (Å²) in [6, 6.07) is 8.06. The first-order valence-electron chi connectivity index (χ1n) is 9.10. The highest BCUT2D eigenvalue weighted by Crippen LogP contribution is 2.53. The van der Waals surface area contributed by atoms with E-state index in [1.54, 1.807) is 4.90 Å². The number of carbonyl (C=O) groups is 2. The lowest BCUT2D eigenvalue weighted by Crippen LogP contribution is -2.39. The second-order valence-electron chi connectivity index (χ2n) is 7.29. The number of fused-ring (bicyclic) bond motifs is 3. The Bertz CT molecular complexity index is 657. The number of rotatable bonds is 4. The lowest BCUT2D eigenvalue weighted by molar-refractivity contribution is -0.141. The van der Waals surface area contributed by atoms with Gasteiger partial charge in [0.1, 0.15) is 0 Å². The van der Waals surface area contributed by atoms with Crippen molar-refractivity contribution in [3.05, 3.63) is 29.8 Å². The van der Waals surface area contributed by atoms with E-state index in [1.807, 2.05) is 24.3 Å². The van der Waals surface area contributed by atoms with E-state index in [0.29, 0.717) is 6.54 Å². The molecule has 3 fully saturated rings. The Morgan fingerprint density at radius 3 is 2.54 bits per heavy atom. The number of nitrogens with two attached hydrogens (primary N) is 1. The molecular formula is C19H25N3O2. The Morgan fingerprint density at radius 1 is 1.12 bits per heavy atom. The molecule has 0 bridgehead atoms. The highest BCUT2D eigenvalue weighted by molar-refractivity contribution is 6.06. The van der Waals surface area contributed by atoms with E-state index in [4.69, 9.17) is 5.73 Å². The molecule has 3 aliphatic rings. The molecule has 128 valence electrons. The fourth-order valence-corrected chi connectivity index (χ4v) is 4.89. The smallest absolute Gasteiger partial charge is 0.235 e. The fraction of sp³-hybridized carbons (Fsp3) is 0.579. The van der Waals surface area contributed by atoms with Crippen LogP contribution in [0.25, 0.3) is 0 Å². The Morgan fingerprint density at radius 2 is 1.83 bits per heavy atom. The zero-order valence-corrected chi connectivity index (χ0v) is 14.1. The van der Waals surface area contributed by atoms with E-state index in [9.17, 15) is 9.59 Å².